The third-order valence-electron chi connectivity index (χ3n) is 6.24. The average Bonchev–Trinajstić information content (AvgIpc) is 2.79. The molecule has 2 nitrogen and oxygen atoms in total. The lowest BCUT2D eigenvalue weighted by Crippen LogP contribution is -2.22. The molecule has 0 spiro atoms. The lowest BCUT2D eigenvalue weighted by atomic mass is 10.0. The SMILES string of the molecule is CCCCCCCCc1ccccc1P(=O)(O)c1ccccc1CCCCCCCC. The number of hydrogen-bond acceptors (Lipinski definition) is 1. The smallest absolute Gasteiger partial charge is 0.259 e. The molecule has 2 rings (SSSR count). The normalized spacial score (nSPS) is 11.7. The fourth-order valence-electron chi connectivity index (χ4n) is 4.36. The van der Waals surface area contributed by atoms with Gasteiger partial charge in [-0.05, 0) is 48.9 Å². The maximum atomic E-state index is 13.8. The molecule has 0 bridgehead atoms. The molecular weight excluding hydrogens is 399 g/mol. The molecule has 0 aliphatic heterocycles. The Balaban J connectivity index is 2.07. The summed E-state index contributed by atoms with van der Waals surface area (Å²) in [5.41, 5.74) is 2.08. The van der Waals surface area contributed by atoms with Crippen molar-refractivity contribution in [1.82, 2.24) is 0 Å². The Labute approximate surface area is 190 Å². The molecule has 0 fully saturated rings. The summed E-state index contributed by atoms with van der Waals surface area (Å²) in [5, 5.41) is 1.28. The molecule has 0 heterocycles. The average molecular weight is 443 g/mol. The Morgan fingerprint density at radius 3 is 1.35 bits per heavy atom. The third kappa shape index (κ3) is 8.59. The molecule has 31 heavy (non-hydrogen) atoms. The standard InChI is InChI=1S/C28H43O2P/c1-3-5-7-9-11-13-19-25-21-15-17-23-27(25)31(29,30)28-24-18-16-22-26(28)20-14-12-10-8-6-4-2/h15-18,21-24H,3-14,19-20H2,1-2H3,(H,29,30). The Kier molecular flexibility index (Phi) is 12.2. The van der Waals surface area contributed by atoms with Gasteiger partial charge < -0.3 is 4.89 Å². The molecule has 1 N–H and O–H groups in total. The van der Waals surface area contributed by atoms with Crippen molar-refractivity contribution >= 4 is 18.0 Å². The monoisotopic (exact) mass is 442 g/mol. The second-order valence-electron chi connectivity index (χ2n) is 8.87. The lowest BCUT2D eigenvalue weighted by molar-refractivity contribution is 0.500. The second kappa shape index (κ2) is 14.6. The zero-order valence-electron chi connectivity index (χ0n) is 19.8. The van der Waals surface area contributed by atoms with Gasteiger partial charge in [0.15, 0.2) is 0 Å². The molecule has 3 heteroatoms. The number of aryl methyl sites for hydroxylation is 2. The first-order valence-electron chi connectivity index (χ1n) is 12.6. The van der Waals surface area contributed by atoms with Crippen molar-refractivity contribution < 1.29 is 9.46 Å². The van der Waals surface area contributed by atoms with Crippen molar-refractivity contribution in [2.24, 2.45) is 0 Å². The Bertz CT molecular complexity index is 736. The van der Waals surface area contributed by atoms with Crippen molar-refractivity contribution in [3.63, 3.8) is 0 Å². The van der Waals surface area contributed by atoms with E-state index in [-0.39, 0.29) is 0 Å². The maximum Gasteiger partial charge on any atom is 0.259 e. The van der Waals surface area contributed by atoms with Crippen LogP contribution in [0.4, 0.5) is 0 Å². The van der Waals surface area contributed by atoms with Gasteiger partial charge in [0.2, 0.25) is 0 Å². The van der Waals surface area contributed by atoms with Crippen LogP contribution in [0.25, 0.3) is 0 Å². The topological polar surface area (TPSA) is 37.3 Å². The Morgan fingerprint density at radius 2 is 0.935 bits per heavy atom. The summed E-state index contributed by atoms with van der Waals surface area (Å²) in [7, 11) is -3.60. The van der Waals surface area contributed by atoms with E-state index in [4.69, 9.17) is 0 Å². The van der Waals surface area contributed by atoms with Gasteiger partial charge in [0.05, 0.1) is 0 Å². The molecular formula is C28H43O2P. The highest BCUT2D eigenvalue weighted by Crippen LogP contribution is 2.41. The van der Waals surface area contributed by atoms with Crippen molar-refractivity contribution in [2.45, 2.75) is 104 Å². The van der Waals surface area contributed by atoms with Gasteiger partial charge in [-0.2, -0.15) is 0 Å². The molecule has 0 amide bonds. The zero-order valence-corrected chi connectivity index (χ0v) is 20.7. The van der Waals surface area contributed by atoms with Gasteiger partial charge in [-0.15, -0.1) is 0 Å². The molecule has 0 saturated heterocycles. The summed E-state index contributed by atoms with van der Waals surface area (Å²) in [5.74, 6) is 0. The van der Waals surface area contributed by atoms with Gasteiger partial charge >= 0.3 is 0 Å². The number of rotatable bonds is 16. The van der Waals surface area contributed by atoms with E-state index in [2.05, 4.69) is 13.8 Å². The van der Waals surface area contributed by atoms with Crippen LogP contribution in [0.2, 0.25) is 0 Å². The van der Waals surface area contributed by atoms with Gasteiger partial charge in [0.1, 0.15) is 0 Å². The molecule has 0 aliphatic carbocycles. The van der Waals surface area contributed by atoms with E-state index in [1.807, 2.05) is 48.5 Å². The van der Waals surface area contributed by atoms with Gasteiger partial charge in [0, 0.05) is 10.6 Å². The van der Waals surface area contributed by atoms with E-state index < -0.39 is 7.37 Å². The van der Waals surface area contributed by atoms with E-state index in [0.717, 1.165) is 36.8 Å². The van der Waals surface area contributed by atoms with Gasteiger partial charge in [0.25, 0.3) is 7.37 Å². The van der Waals surface area contributed by atoms with Crippen LogP contribution in [0.3, 0.4) is 0 Å². The van der Waals surface area contributed by atoms with Gasteiger partial charge in [-0.25, -0.2) is 0 Å². The third-order valence-corrected chi connectivity index (χ3v) is 8.41. The van der Waals surface area contributed by atoms with Crippen molar-refractivity contribution in [3.05, 3.63) is 59.7 Å². The summed E-state index contributed by atoms with van der Waals surface area (Å²) >= 11 is 0. The minimum atomic E-state index is -3.60. The Hall–Kier alpha value is -1.37. The van der Waals surface area contributed by atoms with Crippen LogP contribution in [-0.4, -0.2) is 4.89 Å². The number of unbranched alkanes of at least 4 members (excludes halogenated alkanes) is 10. The molecule has 0 aliphatic rings. The van der Waals surface area contributed by atoms with Crippen molar-refractivity contribution in [3.8, 4) is 0 Å². The summed E-state index contributed by atoms with van der Waals surface area (Å²) < 4.78 is 13.8. The predicted octanol–water partition coefficient (Wildman–Crippen LogP) is 7.71. The first kappa shape index (κ1) is 25.9. The van der Waals surface area contributed by atoms with Crippen LogP contribution < -0.4 is 10.6 Å². The highest BCUT2D eigenvalue weighted by atomic mass is 31.2. The summed E-state index contributed by atoms with van der Waals surface area (Å²) in [6, 6.07) is 15.6. The molecule has 0 aromatic heterocycles. The number of benzene rings is 2. The minimum Gasteiger partial charge on any atom is -0.338 e. The molecule has 0 saturated carbocycles. The largest absolute Gasteiger partial charge is 0.338 e. The summed E-state index contributed by atoms with van der Waals surface area (Å²) in [6.45, 7) is 4.47. The first-order chi connectivity index (χ1) is 15.1. The van der Waals surface area contributed by atoms with Crippen LogP contribution in [0.1, 0.15) is 102 Å². The van der Waals surface area contributed by atoms with Gasteiger partial charge in [-0.1, -0.05) is 114 Å². The molecule has 0 unspecified atom stereocenters. The molecule has 172 valence electrons. The van der Waals surface area contributed by atoms with E-state index in [9.17, 15) is 9.46 Å². The van der Waals surface area contributed by atoms with Crippen LogP contribution in [0, 0.1) is 0 Å². The predicted molar refractivity (Wildman–Crippen MR) is 136 cm³/mol. The van der Waals surface area contributed by atoms with Gasteiger partial charge in [-0.3, -0.25) is 4.57 Å². The summed E-state index contributed by atoms with van der Waals surface area (Å²) in [4.78, 5) is 11.3. The van der Waals surface area contributed by atoms with Crippen molar-refractivity contribution in [1.29, 1.82) is 0 Å². The van der Waals surface area contributed by atoms with E-state index in [1.54, 1.807) is 0 Å². The molecule has 0 radical (unpaired) electrons. The van der Waals surface area contributed by atoms with Crippen LogP contribution >= 0.6 is 7.37 Å². The van der Waals surface area contributed by atoms with Crippen molar-refractivity contribution in [2.75, 3.05) is 0 Å². The Morgan fingerprint density at radius 1 is 0.581 bits per heavy atom. The molecule has 2 aromatic rings. The van der Waals surface area contributed by atoms with Crippen LogP contribution in [0.15, 0.2) is 48.5 Å². The lowest BCUT2D eigenvalue weighted by Gasteiger charge is -2.19. The van der Waals surface area contributed by atoms with Crippen LogP contribution in [-0.2, 0) is 17.4 Å². The fraction of sp³-hybridized carbons (Fsp3) is 0.571. The van der Waals surface area contributed by atoms with Crippen LogP contribution in [0.5, 0.6) is 0 Å². The summed E-state index contributed by atoms with van der Waals surface area (Å²) in [6.07, 6.45) is 16.5. The minimum absolute atomic E-state index is 0.638. The molecule has 2 aromatic carbocycles. The highest BCUT2D eigenvalue weighted by Gasteiger charge is 2.28. The van der Waals surface area contributed by atoms with E-state index in [0.29, 0.717) is 10.6 Å². The second-order valence-corrected chi connectivity index (χ2v) is 11.0. The first-order valence-corrected chi connectivity index (χ1v) is 14.3. The fourth-order valence-corrected chi connectivity index (χ4v) is 6.34. The zero-order chi connectivity index (χ0) is 22.4. The molecule has 0 atom stereocenters. The quantitative estimate of drug-likeness (QED) is 0.213. The maximum absolute atomic E-state index is 13.8. The highest BCUT2D eigenvalue weighted by molar-refractivity contribution is 7.73. The number of hydrogen-bond donors (Lipinski definition) is 1. The van der Waals surface area contributed by atoms with E-state index >= 15 is 0 Å². The van der Waals surface area contributed by atoms with E-state index in [1.165, 1.54) is 64.2 Å².